The molecule has 1 aliphatic rings. The highest BCUT2D eigenvalue weighted by Gasteiger charge is 2.26. The molecular weight excluding hydrogens is 202 g/mol. The molecule has 0 bridgehead atoms. The molecule has 1 heterocycles. The molecule has 0 amide bonds. The molecule has 96 valence electrons. The molecule has 0 aromatic heterocycles. The fourth-order valence-corrected chi connectivity index (χ4v) is 2.21. The van der Waals surface area contributed by atoms with Crippen molar-refractivity contribution in [1.82, 2.24) is 5.32 Å². The van der Waals surface area contributed by atoms with Gasteiger partial charge in [0.05, 0.1) is 6.10 Å². The van der Waals surface area contributed by atoms with E-state index >= 15 is 0 Å². The van der Waals surface area contributed by atoms with E-state index in [1.807, 2.05) is 0 Å². The summed E-state index contributed by atoms with van der Waals surface area (Å²) < 4.78 is 5.37. The molecule has 0 aromatic carbocycles. The van der Waals surface area contributed by atoms with E-state index in [1.165, 1.54) is 0 Å². The number of aliphatic hydroxyl groups excluding tert-OH is 1. The molecule has 16 heavy (non-hydrogen) atoms. The fourth-order valence-electron chi connectivity index (χ4n) is 2.21. The molecule has 1 atom stereocenters. The Morgan fingerprint density at radius 3 is 2.50 bits per heavy atom. The predicted molar refractivity (Wildman–Crippen MR) is 66.5 cm³/mol. The van der Waals surface area contributed by atoms with Crippen LogP contribution >= 0.6 is 0 Å². The maximum Gasteiger partial charge on any atom is 0.0667 e. The Hall–Kier alpha value is -0.120. The summed E-state index contributed by atoms with van der Waals surface area (Å²) in [4.78, 5) is 0. The molecule has 0 aromatic rings. The minimum Gasteiger partial charge on any atom is -0.392 e. The zero-order valence-corrected chi connectivity index (χ0v) is 11.0. The maximum atomic E-state index is 9.75. The summed E-state index contributed by atoms with van der Waals surface area (Å²) in [6, 6.07) is 0. The summed E-state index contributed by atoms with van der Waals surface area (Å²) in [6.45, 7) is 10.1. The third kappa shape index (κ3) is 5.28. The molecule has 0 spiro atoms. The second-order valence-electron chi connectivity index (χ2n) is 5.84. The van der Waals surface area contributed by atoms with Crippen LogP contribution in [0.3, 0.4) is 0 Å². The molecule has 1 aliphatic heterocycles. The van der Waals surface area contributed by atoms with Gasteiger partial charge >= 0.3 is 0 Å². The molecule has 1 rings (SSSR count). The van der Waals surface area contributed by atoms with Gasteiger partial charge in [0, 0.05) is 26.3 Å². The summed E-state index contributed by atoms with van der Waals surface area (Å²) in [5, 5.41) is 13.1. The Labute approximate surface area is 99.6 Å². The molecular formula is C13H27NO2. The Balaban J connectivity index is 2.13. The maximum absolute atomic E-state index is 9.75. The highest BCUT2D eigenvalue weighted by Crippen LogP contribution is 2.28. The first-order valence-corrected chi connectivity index (χ1v) is 6.48. The monoisotopic (exact) mass is 229 g/mol. The van der Waals surface area contributed by atoms with Crippen LogP contribution in [0.2, 0.25) is 0 Å². The van der Waals surface area contributed by atoms with Crippen LogP contribution in [-0.4, -0.2) is 37.5 Å². The first-order valence-electron chi connectivity index (χ1n) is 6.48. The van der Waals surface area contributed by atoms with Crippen molar-refractivity contribution in [1.29, 1.82) is 0 Å². The van der Waals surface area contributed by atoms with E-state index in [9.17, 15) is 5.11 Å². The standard InChI is InChI=1S/C13H27NO2/c1-11(2)8-12(15)9-14-10-13(3)4-6-16-7-5-13/h11-12,14-15H,4-10H2,1-3H3. The molecule has 2 N–H and O–H groups in total. The number of aliphatic hydroxyl groups is 1. The van der Waals surface area contributed by atoms with Crippen LogP contribution in [0.1, 0.15) is 40.0 Å². The van der Waals surface area contributed by atoms with Crippen LogP contribution in [0.15, 0.2) is 0 Å². The van der Waals surface area contributed by atoms with E-state index in [4.69, 9.17) is 4.74 Å². The van der Waals surface area contributed by atoms with E-state index < -0.39 is 0 Å². The van der Waals surface area contributed by atoms with Gasteiger partial charge in [0.15, 0.2) is 0 Å². The summed E-state index contributed by atoms with van der Waals surface area (Å²) in [7, 11) is 0. The zero-order chi connectivity index (χ0) is 12.0. The second kappa shape index (κ2) is 6.58. The van der Waals surface area contributed by atoms with Crippen molar-refractivity contribution in [3.63, 3.8) is 0 Å². The van der Waals surface area contributed by atoms with Crippen molar-refractivity contribution in [2.75, 3.05) is 26.3 Å². The summed E-state index contributed by atoms with van der Waals surface area (Å²) in [5.74, 6) is 0.565. The number of nitrogens with one attached hydrogen (secondary N) is 1. The molecule has 1 unspecified atom stereocenters. The highest BCUT2D eigenvalue weighted by molar-refractivity contribution is 4.80. The van der Waals surface area contributed by atoms with Crippen molar-refractivity contribution in [3.8, 4) is 0 Å². The zero-order valence-electron chi connectivity index (χ0n) is 11.0. The molecule has 3 heteroatoms. The van der Waals surface area contributed by atoms with Gasteiger partial charge in [0.2, 0.25) is 0 Å². The van der Waals surface area contributed by atoms with E-state index in [0.29, 0.717) is 17.9 Å². The lowest BCUT2D eigenvalue weighted by atomic mass is 9.82. The van der Waals surface area contributed by atoms with Crippen LogP contribution in [0.4, 0.5) is 0 Å². The normalized spacial score (nSPS) is 22.3. The average Bonchev–Trinajstić information content (AvgIpc) is 2.17. The van der Waals surface area contributed by atoms with Gasteiger partial charge in [0.1, 0.15) is 0 Å². The quantitative estimate of drug-likeness (QED) is 0.730. The molecule has 3 nitrogen and oxygen atoms in total. The van der Waals surface area contributed by atoms with Gasteiger partial charge in [0.25, 0.3) is 0 Å². The minimum absolute atomic E-state index is 0.205. The van der Waals surface area contributed by atoms with Gasteiger partial charge < -0.3 is 15.2 Å². The summed E-state index contributed by atoms with van der Waals surface area (Å²) >= 11 is 0. The van der Waals surface area contributed by atoms with E-state index in [2.05, 4.69) is 26.1 Å². The lowest BCUT2D eigenvalue weighted by Crippen LogP contribution is -2.39. The first kappa shape index (κ1) is 13.9. The van der Waals surface area contributed by atoms with Crippen LogP contribution in [0.5, 0.6) is 0 Å². The Bertz CT molecular complexity index is 188. The largest absolute Gasteiger partial charge is 0.392 e. The fraction of sp³-hybridized carbons (Fsp3) is 1.00. The van der Waals surface area contributed by atoms with Crippen molar-refractivity contribution >= 4 is 0 Å². The van der Waals surface area contributed by atoms with E-state index in [1.54, 1.807) is 0 Å². The smallest absolute Gasteiger partial charge is 0.0667 e. The van der Waals surface area contributed by atoms with Crippen LogP contribution < -0.4 is 5.32 Å². The van der Waals surface area contributed by atoms with Crippen molar-refractivity contribution < 1.29 is 9.84 Å². The number of ether oxygens (including phenoxy) is 1. The lowest BCUT2D eigenvalue weighted by molar-refractivity contribution is 0.0224. The van der Waals surface area contributed by atoms with Gasteiger partial charge in [-0.05, 0) is 30.6 Å². The molecule has 0 saturated carbocycles. The predicted octanol–water partition coefficient (Wildman–Crippen LogP) is 1.80. The number of hydrogen-bond acceptors (Lipinski definition) is 3. The first-order chi connectivity index (χ1) is 7.52. The summed E-state index contributed by atoms with van der Waals surface area (Å²) in [5.41, 5.74) is 0.357. The van der Waals surface area contributed by atoms with Crippen LogP contribution in [-0.2, 0) is 4.74 Å². The van der Waals surface area contributed by atoms with Gasteiger partial charge in [-0.2, -0.15) is 0 Å². The molecule has 0 radical (unpaired) electrons. The SMILES string of the molecule is CC(C)CC(O)CNCC1(C)CCOCC1. The molecule has 0 aliphatic carbocycles. The number of rotatable bonds is 6. The van der Waals surface area contributed by atoms with Gasteiger partial charge in [-0.25, -0.2) is 0 Å². The Kier molecular flexibility index (Phi) is 5.73. The van der Waals surface area contributed by atoms with E-state index in [-0.39, 0.29) is 6.10 Å². The van der Waals surface area contributed by atoms with Gasteiger partial charge in [-0.1, -0.05) is 20.8 Å². The topological polar surface area (TPSA) is 41.5 Å². The van der Waals surface area contributed by atoms with Crippen LogP contribution in [0.25, 0.3) is 0 Å². The highest BCUT2D eigenvalue weighted by atomic mass is 16.5. The van der Waals surface area contributed by atoms with Gasteiger partial charge in [-0.3, -0.25) is 0 Å². The Morgan fingerprint density at radius 1 is 1.31 bits per heavy atom. The third-order valence-corrected chi connectivity index (χ3v) is 3.38. The second-order valence-corrected chi connectivity index (χ2v) is 5.84. The van der Waals surface area contributed by atoms with Crippen molar-refractivity contribution in [2.24, 2.45) is 11.3 Å². The lowest BCUT2D eigenvalue weighted by Gasteiger charge is -2.34. The number of hydrogen-bond donors (Lipinski definition) is 2. The van der Waals surface area contributed by atoms with E-state index in [0.717, 1.165) is 39.0 Å². The third-order valence-electron chi connectivity index (χ3n) is 3.38. The van der Waals surface area contributed by atoms with Crippen molar-refractivity contribution in [2.45, 2.75) is 46.1 Å². The molecule has 1 fully saturated rings. The molecule has 1 saturated heterocycles. The average molecular weight is 229 g/mol. The van der Waals surface area contributed by atoms with Crippen molar-refractivity contribution in [3.05, 3.63) is 0 Å². The van der Waals surface area contributed by atoms with Gasteiger partial charge in [-0.15, -0.1) is 0 Å². The minimum atomic E-state index is -0.205. The Morgan fingerprint density at radius 2 is 1.94 bits per heavy atom. The van der Waals surface area contributed by atoms with Crippen LogP contribution in [0, 0.1) is 11.3 Å². The summed E-state index contributed by atoms with van der Waals surface area (Å²) in [6.07, 6.45) is 2.93.